The third-order valence-electron chi connectivity index (χ3n) is 1.93. The zero-order valence-corrected chi connectivity index (χ0v) is 11.8. The SMILES string of the molecule is CCSCC(C)Nc1ncc(C)cc1Br. The molecule has 1 atom stereocenters. The van der Waals surface area contributed by atoms with Crippen molar-refractivity contribution in [3.63, 3.8) is 0 Å². The maximum absolute atomic E-state index is 4.36. The highest BCUT2D eigenvalue weighted by Crippen LogP contribution is 2.21. The van der Waals surface area contributed by atoms with Crippen molar-refractivity contribution in [1.29, 1.82) is 0 Å². The van der Waals surface area contributed by atoms with E-state index in [1.54, 1.807) is 0 Å². The van der Waals surface area contributed by atoms with Crippen molar-refractivity contribution in [3.8, 4) is 0 Å². The number of aryl methyl sites for hydroxylation is 1. The summed E-state index contributed by atoms with van der Waals surface area (Å²) in [6.07, 6.45) is 1.88. The molecule has 1 unspecified atom stereocenters. The Hall–Kier alpha value is -0.220. The monoisotopic (exact) mass is 288 g/mol. The van der Waals surface area contributed by atoms with Crippen molar-refractivity contribution in [2.75, 3.05) is 16.8 Å². The Bertz CT molecular complexity index is 317. The Kier molecular flexibility index (Phi) is 5.47. The molecule has 0 fully saturated rings. The molecule has 1 aromatic rings. The van der Waals surface area contributed by atoms with Gasteiger partial charge < -0.3 is 5.32 Å². The van der Waals surface area contributed by atoms with Crippen LogP contribution in [0.1, 0.15) is 19.4 Å². The maximum Gasteiger partial charge on any atom is 0.140 e. The summed E-state index contributed by atoms with van der Waals surface area (Å²) in [7, 11) is 0. The Morgan fingerprint density at radius 1 is 1.60 bits per heavy atom. The van der Waals surface area contributed by atoms with Crippen LogP contribution in [0, 0.1) is 6.92 Å². The molecule has 0 amide bonds. The van der Waals surface area contributed by atoms with Gasteiger partial charge in [0.15, 0.2) is 0 Å². The molecule has 1 N–H and O–H groups in total. The van der Waals surface area contributed by atoms with E-state index in [0.29, 0.717) is 6.04 Å². The van der Waals surface area contributed by atoms with E-state index in [0.717, 1.165) is 21.8 Å². The molecule has 0 radical (unpaired) electrons. The lowest BCUT2D eigenvalue weighted by Crippen LogP contribution is -2.19. The van der Waals surface area contributed by atoms with Crippen LogP contribution in [0.2, 0.25) is 0 Å². The second-order valence-electron chi connectivity index (χ2n) is 3.55. The van der Waals surface area contributed by atoms with E-state index in [1.807, 2.05) is 24.9 Å². The molecule has 4 heteroatoms. The lowest BCUT2D eigenvalue weighted by Gasteiger charge is -2.14. The van der Waals surface area contributed by atoms with Crippen LogP contribution >= 0.6 is 27.7 Å². The third kappa shape index (κ3) is 4.43. The van der Waals surface area contributed by atoms with Gasteiger partial charge in [-0.3, -0.25) is 0 Å². The fraction of sp³-hybridized carbons (Fsp3) is 0.545. The average molecular weight is 289 g/mol. The van der Waals surface area contributed by atoms with Crippen LogP contribution in [0.3, 0.4) is 0 Å². The van der Waals surface area contributed by atoms with E-state index in [1.165, 1.54) is 5.56 Å². The molecule has 2 nitrogen and oxygen atoms in total. The fourth-order valence-electron chi connectivity index (χ4n) is 1.21. The molecule has 0 spiro atoms. The van der Waals surface area contributed by atoms with Gasteiger partial charge in [0.25, 0.3) is 0 Å². The van der Waals surface area contributed by atoms with Crippen molar-refractivity contribution in [1.82, 2.24) is 4.98 Å². The molecule has 0 aromatic carbocycles. The lowest BCUT2D eigenvalue weighted by atomic mass is 10.3. The van der Waals surface area contributed by atoms with Crippen molar-refractivity contribution < 1.29 is 0 Å². The Morgan fingerprint density at radius 3 is 2.93 bits per heavy atom. The first kappa shape index (κ1) is 12.8. The van der Waals surface area contributed by atoms with Crippen LogP contribution in [0.15, 0.2) is 16.7 Å². The first-order chi connectivity index (χ1) is 7.13. The Morgan fingerprint density at radius 2 is 2.33 bits per heavy atom. The van der Waals surface area contributed by atoms with Crippen LogP contribution < -0.4 is 5.32 Å². The number of aromatic nitrogens is 1. The van der Waals surface area contributed by atoms with E-state index in [4.69, 9.17) is 0 Å². The highest BCUT2D eigenvalue weighted by Gasteiger charge is 2.05. The minimum atomic E-state index is 0.446. The summed E-state index contributed by atoms with van der Waals surface area (Å²) in [6, 6.07) is 2.52. The minimum Gasteiger partial charge on any atom is -0.366 e. The number of hydrogen-bond donors (Lipinski definition) is 1. The molecule has 0 bridgehead atoms. The number of nitrogens with zero attached hydrogens (tertiary/aromatic N) is 1. The van der Waals surface area contributed by atoms with Crippen LogP contribution in [-0.4, -0.2) is 22.5 Å². The molecule has 1 rings (SSSR count). The summed E-state index contributed by atoms with van der Waals surface area (Å²) in [4.78, 5) is 4.36. The van der Waals surface area contributed by atoms with Gasteiger partial charge in [0.2, 0.25) is 0 Å². The van der Waals surface area contributed by atoms with E-state index >= 15 is 0 Å². The molecular weight excluding hydrogens is 272 g/mol. The second kappa shape index (κ2) is 6.38. The predicted molar refractivity (Wildman–Crippen MR) is 72.8 cm³/mol. The zero-order valence-electron chi connectivity index (χ0n) is 9.38. The van der Waals surface area contributed by atoms with Crippen LogP contribution in [0.5, 0.6) is 0 Å². The molecule has 1 heterocycles. The maximum atomic E-state index is 4.36. The van der Waals surface area contributed by atoms with Gasteiger partial charge in [0.05, 0.1) is 4.47 Å². The van der Waals surface area contributed by atoms with Gasteiger partial charge in [-0.05, 0) is 47.2 Å². The summed E-state index contributed by atoms with van der Waals surface area (Å²) in [5.74, 6) is 3.21. The van der Waals surface area contributed by atoms with Crippen LogP contribution in [0.4, 0.5) is 5.82 Å². The highest BCUT2D eigenvalue weighted by atomic mass is 79.9. The van der Waals surface area contributed by atoms with Crippen LogP contribution in [0.25, 0.3) is 0 Å². The number of nitrogens with one attached hydrogen (secondary N) is 1. The van der Waals surface area contributed by atoms with Crippen LogP contribution in [-0.2, 0) is 0 Å². The van der Waals surface area contributed by atoms with Gasteiger partial charge in [-0.15, -0.1) is 0 Å². The van der Waals surface area contributed by atoms with Crippen molar-refractivity contribution in [2.24, 2.45) is 0 Å². The molecule has 0 saturated heterocycles. The Labute approximate surface area is 104 Å². The summed E-state index contributed by atoms with van der Waals surface area (Å²) in [5, 5.41) is 3.39. The average Bonchev–Trinajstić information content (AvgIpc) is 2.19. The summed E-state index contributed by atoms with van der Waals surface area (Å²) >= 11 is 5.45. The summed E-state index contributed by atoms with van der Waals surface area (Å²) < 4.78 is 1.04. The molecular formula is C11H17BrN2S. The van der Waals surface area contributed by atoms with Gasteiger partial charge in [0.1, 0.15) is 5.82 Å². The van der Waals surface area contributed by atoms with Gasteiger partial charge in [-0.2, -0.15) is 11.8 Å². The van der Waals surface area contributed by atoms with Gasteiger partial charge in [0, 0.05) is 18.0 Å². The van der Waals surface area contributed by atoms with E-state index in [2.05, 4.69) is 46.1 Å². The normalized spacial score (nSPS) is 12.5. The smallest absolute Gasteiger partial charge is 0.140 e. The summed E-state index contributed by atoms with van der Waals surface area (Å²) in [5.41, 5.74) is 1.17. The Balaban J connectivity index is 2.56. The molecule has 0 saturated carbocycles. The number of rotatable bonds is 5. The quantitative estimate of drug-likeness (QED) is 0.894. The lowest BCUT2D eigenvalue weighted by molar-refractivity contribution is 0.899. The van der Waals surface area contributed by atoms with E-state index in [-0.39, 0.29) is 0 Å². The largest absolute Gasteiger partial charge is 0.366 e. The number of hydrogen-bond acceptors (Lipinski definition) is 3. The van der Waals surface area contributed by atoms with E-state index < -0.39 is 0 Å². The highest BCUT2D eigenvalue weighted by molar-refractivity contribution is 9.10. The van der Waals surface area contributed by atoms with Crippen molar-refractivity contribution in [3.05, 3.63) is 22.3 Å². The molecule has 0 aliphatic rings. The minimum absolute atomic E-state index is 0.446. The van der Waals surface area contributed by atoms with Gasteiger partial charge >= 0.3 is 0 Å². The molecule has 15 heavy (non-hydrogen) atoms. The standard InChI is InChI=1S/C11H17BrN2S/c1-4-15-7-9(3)14-11-10(12)5-8(2)6-13-11/h5-6,9H,4,7H2,1-3H3,(H,13,14). The topological polar surface area (TPSA) is 24.9 Å². The molecule has 0 aliphatic heterocycles. The number of anilines is 1. The zero-order chi connectivity index (χ0) is 11.3. The molecule has 0 aliphatic carbocycles. The van der Waals surface area contributed by atoms with Gasteiger partial charge in [-0.1, -0.05) is 6.92 Å². The van der Waals surface area contributed by atoms with Crippen molar-refractivity contribution >= 4 is 33.5 Å². The number of halogens is 1. The fourth-order valence-corrected chi connectivity index (χ4v) is 2.46. The van der Waals surface area contributed by atoms with Gasteiger partial charge in [-0.25, -0.2) is 4.98 Å². The number of pyridine rings is 1. The van der Waals surface area contributed by atoms with Crippen molar-refractivity contribution in [2.45, 2.75) is 26.8 Å². The van der Waals surface area contributed by atoms with E-state index in [9.17, 15) is 0 Å². The molecule has 1 aromatic heterocycles. The summed E-state index contributed by atoms with van der Waals surface area (Å²) in [6.45, 7) is 6.39. The second-order valence-corrected chi connectivity index (χ2v) is 5.72. The molecule has 84 valence electrons. The first-order valence-corrected chi connectivity index (χ1v) is 7.04. The first-order valence-electron chi connectivity index (χ1n) is 5.10. The predicted octanol–water partition coefficient (Wildman–Crippen LogP) is 3.71. The number of thioether (sulfide) groups is 1. The third-order valence-corrected chi connectivity index (χ3v) is 3.68.